The Kier molecular flexibility index (Phi) is 5.28. The number of benzene rings is 2. The molecule has 1 atom stereocenters. The van der Waals surface area contributed by atoms with Crippen LogP contribution in [0, 0.1) is 0 Å². The van der Waals surface area contributed by atoms with Crippen molar-refractivity contribution in [2.45, 2.75) is 19.5 Å². The lowest BCUT2D eigenvalue weighted by Gasteiger charge is -2.26. The number of amides is 1. The molecule has 124 valence electrons. The molecule has 0 bridgehead atoms. The number of carbonyl (C=O) groups is 1. The van der Waals surface area contributed by atoms with E-state index in [2.05, 4.69) is 34.7 Å². The van der Waals surface area contributed by atoms with Crippen LogP contribution in [0.3, 0.4) is 0 Å². The highest BCUT2D eigenvalue weighted by molar-refractivity contribution is 7.17. The summed E-state index contributed by atoms with van der Waals surface area (Å²) >= 11 is 1.72. The van der Waals surface area contributed by atoms with Crippen LogP contribution in [0.4, 0.5) is 0 Å². The maximum atomic E-state index is 12.8. The minimum atomic E-state index is -0.263. The fourth-order valence-corrected chi connectivity index (χ4v) is 3.84. The van der Waals surface area contributed by atoms with Crippen molar-refractivity contribution in [3.63, 3.8) is 0 Å². The van der Waals surface area contributed by atoms with E-state index >= 15 is 0 Å². The normalized spacial score (nSPS) is 12.5. The average molecular weight is 338 g/mol. The first kappa shape index (κ1) is 16.7. The molecule has 3 nitrogen and oxygen atoms in total. The number of hydrogen-bond donors (Lipinski definition) is 1. The Labute approximate surface area is 146 Å². The van der Waals surface area contributed by atoms with Crippen molar-refractivity contribution in [2.24, 2.45) is 0 Å². The minimum Gasteiger partial charge on any atom is -0.350 e. The highest BCUT2D eigenvalue weighted by atomic mass is 32.1. The summed E-state index contributed by atoms with van der Waals surface area (Å²) in [6.45, 7) is 3.44. The predicted molar refractivity (Wildman–Crippen MR) is 101 cm³/mol. The molecule has 24 heavy (non-hydrogen) atoms. The summed E-state index contributed by atoms with van der Waals surface area (Å²) in [6.07, 6.45) is 0. The van der Waals surface area contributed by atoms with Crippen LogP contribution in [0.1, 0.15) is 24.1 Å². The molecule has 3 aromatic rings. The third kappa shape index (κ3) is 3.50. The Morgan fingerprint density at radius 1 is 1.12 bits per heavy atom. The summed E-state index contributed by atoms with van der Waals surface area (Å²) < 4.78 is 1.26. The predicted octanol–water partition coefficient (Wildman–Crippen LogP) is 4.21. The van der Waals surface area contributed by atoms with Gasteiger partial charge in [0.2, 0.25) is 5.91 Å². The Hall–Kier alpha value is -2.17. The van der Waals surface area contributed by atoms with Gasteiger partial charge in [-0.3, -0.25) is 9.69 Å². The molecule has 1 heterocycles. The molecule has 0 spiro atoms. The molecule has 4 heteroatoms. The van der Waals surface area contributed by atoms with E-state index in [9.17, 15) is 4.79 Å². The third-order valence-corrected chi connectivity index (χ3v) is 5.33. The van der Waals surface area contributed by atoms with Crippen molar-refractivity contribution in [1.29, 1.82) is 0 Å². The van der Waals surface area contributed by atoms with Gasteiger partial charge in [-0.2, -0.15) is 0 Å². The second-order valence-electron chi connectivity index (χ2n) is 5.86. The van der Waals surface area contributed by atoms with Crippen LogP contribution in [-0.2, 0) is 11.3 Å². The molecule has 0 aliphatic heterocycles. The number of thiophene rings is 1. The number of carbonyl (C=O) groups excluding carboxylic acids is 1. The summed E-state index contributed by atoms with van der Waals surface area (Å²) in [5.41, 5.74) is 2.20. The van der Waals surface area contributed by atoms with Crippen molar-refractivity contribution in [1.82, 2.24) is 10.2 Å². The number of likely N-dealkylation sites (N-methyl/N-ethyl adjacent to an activating group) is 1. The number of nitrogens with one attached hydrogen (secondary N) is 1. The van der Waals surface area contributed by atoms with Crippen LogP contribution in [0.2, 0.25) is 0 Å². The zero-order chi connectivity index (χ0) is 16.9. The van der Waals surface area contributed by atoms with Gasteiger partial charge >= 0.3 is 0 Å². The van der Waals surface area contributed by atoms with Crippen molar-refractivity contribution < 1.29 is 4.79 Å². The number of rotatable bonds is 6. The van der Waals surface area contributed by atoms with Gasteiger partial charge in [0, 0.05) is 11.2 Å². The topological polar surface area (TPSA) is 32.3 Å². The van der Waals surface area contributed by atoms with Crippen molar-refractivity contribution in [2.75, 3.05) is 13.6 Å². The minimum absolute atomic E-state index is 0.0424. The van der Waals surface area contributed by atoms with Gasteiger partial charge < -0.3 is 5.32 Å². The molecule has 0 radical (unpaired) electrons. The molecule has 0 saturated carbocycles. The lowest BCUT2D eigenvalue weighted by molar-refractivity contribution is -0.126. The van der Waals surface area contributed by atoms with Gasteiger partial charge in [0.1, 0.15) is 6.04 Å². The SMILES string of the molecule is CCN(C)C(C(=O)NCc1csc2ccccc12)c1ccccc1. The molecule has 1 N–H and O–H groups in total. The van der Waals surface area contributed by atoms with E-state index in [1.807, 2.05) is 49.5 Å². The van der Waals surface area contributed by atoms with Gasteiger partial charge in [0.25, 0.3) is 0 Å². The van der Waals surface area contributed by atoms with E-state index in [-0.39, 0.29) is 11.9 Å². The number of hydrogen-bond acceptors (Lipinski definition) is 3. The molecular formula is C20H22N2OS. The van der Waals surface area contributed by atoms with Gasteiger partial charge in [-0.05, 0) is 41.6 Å². The highest BCUT2D eigenvalue weighted by Gasteiger charge is 2.23. The fraction of sp³-hybridized carbons (Fsp3) is 0.250. The quantitative estimate of drug-likeness (QED) is 0.730. The summed E-state index contributed by atoms with van der Waals surface area (Å²) in [5.74, 6) is 0.0424. The molecular weight excluding hydrogens is 316 g/mol. The van der Waals surface area contributed by atoms with Gasteiger partial charge in [0.05, 0.1) is 0 Å². The van der Waals surface area contributed by atoms with Gasteiger partial charge in [-0.15, -0.1) is 11.3 Å². The maximum absolute atomic E-state index is 12.8. The first-order valence-corrected chi connectivity index (χ1v) is 9.06. The highest BCUT2D eigenvalue weighted by Crippen LogP contribution is 2.26. The summed E-state index contributed by atoms with van der Waals surface area (Å²) in [4.78, 5) is 14.9. The van der Waals surface area contributed by atoms with E-state index in [0.29, 0.717) is 6.54 Å². The van der Waals surface area contributed by atoms with Crippen LogP contribution < -0.4 is 5.32 Å². The lowest BCUT2D eigenvalue weighted by atomic mass is 10.0. The maximum Gasteiger partial charge on any atom is 0.242 e. The summed E-state index contributed by atoms with van der Waals surface area (Å²) in [7, 11) is 1.98. The average Bonchev–Trinajstić information content (AvgIpc) is 3.04. The zero-order valence-electron chi connectivity index (χ0n) is 14.0. The van der Waals surface area contributed by atoms with Crippen LogP contribution in [0.15, 0.2) is 60.0 Å². The van der Waals surface area contributed by atoms with Crippen molar-refractivity contribution in [3.05, 3.63) is 71.1 Å². The van der Waals surface area contributed by atoms with Crippen LogP contribution in [-0.4, -0.2) is 24.4 Å². The third-order valence-electron chi connectivity index (χ3n) is 4.32. The van der Waals surface area contributed by atoms with Crippen LogP contribution >= 0.6 is 11.3 Å². The molecule has 0 fully saturated rings. The lowest BCUT2D eigenvalue weighted by Crippen LogP contribution is -2.38. The second-order valence-corrected chi connectivity index (χ2v) is 6.77. The molecule has 3 rings (SSSR count). The molecule has 2 aromatic carbocycles. The summed E-state index contributed by atoms with van der Waals surface area (Å²) in [6, 6.07) is 18.0. The second kappa shape index (κ2) is 7.60. The molecule has 1 amide bonds. The summed E-state index contributed by atoms with van der Waals surface area (Å²) in [5, 5.41) is 6.47. The fourth-order valence-electron chi connectivity index (χ4n) is 2.87. The number of nitrogens with zero attached hydrogens (tertiary/aromatic N) is 1. The van der Waals surface area contributed by atoms with Crippen molar-refractivity contribution >= 4 is 27.3 Å². The first-order chi connectivity index (χ1) is 11.7. The molecule has 0 aliphatic rings. The Balaban J connectivity index is 1.76. The largest absolute Gasteiger partial charge is 0.350 e. The van der Waals surface area contributed by atoms with Crippen LogP contribution in [0.25, 0.3) is 10.1 Å². The van der Waals surface area contributed by atoms with Gasteiger partial charge in [-0.1, -0.05) is 55.5 Å². The van der Waals surface area contributed by atoms with E-state index in [0.717, 1.165) is 12.1 Å². The first-order valence-electron chi connectivity index (χ1n) is 8.18. The smallest absolute Gasteiger partial charge is 0.242 e. The van der Waals surface area contributed by atoms with Gasteiger partial charge in [-0.25, -0.2) is 0 Å². The molecule has 1 unspecified atom stereocenters. The van der Waals surface area contributed by atoms with E-state index < -0.39 is 0 Å². The van der Waals surface area contributed by atoms with E-state index in [4.69, 9.17) is 0 Å². The molecule has 0 saturated heterocycles. The van der Waals surface area contributed by atoms with Gasteiger partial charge in [0.15, 0.2) is 0 Å². The Morgan fingerprint density at radius 3 is 2.58 bits per heavy atom. The molecule has 0 aliphatic carbocycles. The van der Waals surface area contributed by atoms with E-state index in [1.54, 1.807) is 11.3 Å². The monoisotopic (exact) mass is 338 g/mol. The Bertz CT molecular complexity index is 813. The number of fused-ring (bicyclic) bond motifs is 1. The zero-order valence-corrected chi connectivity index (χ0v) is 14.8. The van der Waals surface area contributed by atoms with Crippen molar-refractivity contribution in [3.8, 4) is 0 Å². The Morgan fingerprint density at radius 2 is 1.83 bits per heavy atom. The van der Waals surface area contributed by atoms with E-state index in [1.165, 1.54) is 15.6 Å². The molecule has 1 aromatic heterocycles. The van der Waals surface area contributed by atoms with Crippen LogP contribution in [0.5, 0.6) is 0 Å². The standard InChI is InChI=1S/C20H22N2OS/c1-3-22(2)19(15-9-5-4-6-10-15)20(23)21-13-16-14-24-18-12-8-7-11-17(16)18/h4-12,14,19H,3,13H2,1-2H3,(H,21,23).